The molecule has 6 heteroatoms. The van der Waals surface area contributed by atoms with Gasteiger partial charge in [0, 0.05) is 37.3 Å². The molecule has 1 fully saturated rings. The zero-order valence-corrected chi connectivity index (χ0v) is 14.1. The van der Waals surface area contributed by atoms with Crippen LogP contribution in [0.1, 0.15) is 26.3 Å². The summed E-state index contributed by atoms with van der Waals surface area (Å²) in [5.41, 5.74) is 0.863. The quantitative estimate of drug-likeness (QED) is 0.633. The van der Waals surface area contributed by atoms with Gasteiger partial charge in [-0.15, -0.1) is 0 Å². The van der Waals surface area contributed by atoms with E-state index in [2.05, 4.69) is 14.9 Å². The number of hydrogen-bond acceptors (Lipinski definition) is 4. The largest absolute Gasteiger partial charge is 0.448 e. The predicted molar refractivity (Wildman–Crippen MR) is 88.6 cm³/mol. The number of carbonyl (C=O) groups excluding carboxylic acids is 1. The molecule has 0 radical (unpaired) electrons. The molecule has 1 amide bonds. The van der Waals surface area contributed by atoms with Gasteiger partial charge in [0.25, 0.3) is 0 Å². The summed E-state index contributed by atoms with van der Waals surface area (Å²) in [6, 6.07) is 3.82. The van der Waals surface area contributed by atoms with Crippen molar-refractivity contribution >= 4 is 11.9 Å². The minimum absolute atomic E-state index is 0.221. The summed E-state index contributed by atoms with van der Waals surface area (Å²) in [4.78, 5) is 22.3. The van der Waals surface area contributed by atoms with Gasteiger partial charge in [-0.05, 0) is 17.7 Å². The Hall–Kier alpha value is -1.95. The Labute approximate surface area is 137 Å². The Kier molecular flexibility index (Phi) is 6.10. The van der Waals surface area contributed by atoms with Crippen LogP contribution in [0.4, 0.5) is 4.79 Å². The van der Waals surface area contributed by atoms with Gasteiger partial charge in [0.1, 0.15) is 5.84 Å². The average Bonchev–Trinajstić information content (AvgIpc) is 2.53. The third-order valence-electron chi connectivity index (χ3n) is 3.54. The van der Waals surface area contributed by atoms with Crippen LogP contribution in [0, 0.1) is 5.41 Å². The fourth-order valence-electron chi connectivity index (χ4n) is 2.41. The third-order valence-corrected chi connectivity index (χ3v) is 3.54. The Morgan fingerprint density at radius 2 is 1.96 bits per heavy atom. The molecule has 1 aromatic heterocycles. The molecule has 0 saturated carbocycles. The molecular weight excluding hydrogens is 294 g/mol. The second-order valence-electron chi connectivity index (χ2n) is 6.50. The van der Waals surface area contributed by atoms with E-state index in [0.29, 0.717) is 26.2 Å². The summed E-state index contributed by atoms with van der Waals surface area (Å²) in [5, 5.41) is 0. The molecule has 0 unspecified atom stereocenters. The van der Waals surface area contributed by atoms with Gasteiger partial charge >= 0.3 is 6.09 Å². The van der Waals surface area contributed by atoms with Gasteiger partial charge in [-0.1, -0.05) is 20.8 Å². The Morgan fingerprint density at radius 3 is 2.57 bits per heavy atom. The third kappa shape index (κ3) is 5.63. The average molecular weight is 319 g/mol. The van der Waals surface area contributed by atoms with Gasteiger partial charge in [0.15, 0.2) is 0 Å². The maximum atomic E-state index is 12.1. The summed E-state index contributed by atoms with van der Waals surface area (Å²) < 4.78 is 10.6. The van der Waals surface area contributed by atoms with Crippen molar-refractivity contribution in [1.82, 2.24) is 9.88 Å². The number of morpholine rings is 1. The van der Waals surface area contributed by atoms with Gasteiger partial charge < -0.3 is 14.4 Å². The molecule has 0 N–H and O–H groups in total. The number of carbonyl (C=O) groups is 1. The van der Waals surface area contributed by atoms with Crippen molar-refractivity contribution < 1.29 is 14.3 Å². The Balaban J connectivity index is 1.93. The molecule has 1 aromatic rings. The van der Waals surface area contributed by atoms with Gasteiger partial charge in [0.05, 0.1) is 19.8 Å². The second kappa shape index (κ2) is 8.06. The highest BCUT2D eigenvalue weighted by Gasteiger charge is 2.27. The van der Waals surface area contributed by atoms with Crippen LogP contribution >= 0.6 is 0 Å². The molecule has 0 spiro atoms. The van der Waals surface area contributed by atoms with Crippen molar-refractivity contribution in [2.45, 2.75) is 27.2 Å². The molecular formula is C17H25N3O3. The zero-order valence-electron chi connectivity index (χ0n) is 14.1. The fraction of sp³-hybridized carbons (Fsp3) is 0.588. The van der Waals surface area contributed by atoms with Crippen LogP contribution in [0.3, 0.4) is 0 Å². The number of hydrogen-bond donors (Lipinski definition) is 0. The maximum absolute atomic E-state index is 12.1. The summed E-state index contributed by atoms with van der Waals surface area (Å²) in [5.74, 6) is 0.759. The van der Waals surface area contributed by atoms with E-state index in [0.717, 1.165) is 24.5 Å². The molecule has 6 nitrogen and oxygen atoms in total. The number of amidine groups is 1. The molecule has 23 heavy (non-hydrogen) atoms. The first kappa shape index (κ1) is 17.4. The molecule has 1 aliphatic rings. The van der Waals surface area contributed by atoms with E-state index in [4.69, 9.17) is 9.47 Å². The van der Waals surface area contributed by atoms with Crippen LogP contribution in [0.2, 0.25) is 0 Å². The number of ether oxygens (including phenoxy) is 2. The lowest BCUT2D eigenvalue weighted by atomic mass is 9.93. The van der Waals surface area contributed by atoms with Gasteiger partial charge in [-0.2, -0.15) is 4.99 Å². The SMILES string of the molecule is CC(C)(C)C(=NC(=O)OCCc1ccncc1)N1CCOCC1. The molecule has 0 aromatic carbocycles. The van der Waals surface area contributed by atoms with Crippen molar-refractivity contribution in [3.63, 3.8) is 0 Å². The Bertz CT molecular complexity index is 532. The lowest BCUT2D eigenvalue weighted by molar-refractivity contribution is 0.0642. The van der Waals surface area contributed by atoms with E-state index >= 15 is 0 Å². The summed E-state index contributed by atoms with van der Waals surface area (Å²) in [6.07, 6.45) is 3.58. The first-order valence-electron chi connectivity index (χ1n) is 7.94. The monoisotopic (exact) mass is 319 g/mol. The van der Waals surface area contributed by atoms with E-state index in [1.54, 1.807) is 12.4 Å². The standard InChI is InChI=1S/C17H25N3O3/c1-17(2,3)15(20-9-12-22-13-10-20)19-16(21)23-11-6-14-4-7-18-8-5-14/h4-5,7-8H,6,9-13H2,1-3H3. The van der Waals surface area contributed by atoms with Crippen molar-refractivity contribution in [1.29, 1.82) is 0 Å². The highest BCUT2D eigenvalue weighted by molar-refractivity contribution is 5.95. The topological polar surface area (TPSA) is 64.0 Å². The smallest absolute Gasteiger partial charge is 0.435 e. The van der Waals surface area contributed by atoms with E-state index in [-0.39, 0.29) is 5.41 Å². The van der Waals surface area contributed by atoms with Crippen LogP contribution in [0.5, 0.6) is 0 Å². The lowest BCUT2D eigenvalue weighted by Crippen LogP contribution is -2.46. The summed E-state index contributed by atoms with van der Waals surface area (Å²) in [7, 11) is 0. The second-order valence-corrected chi connectivity index (χ2v) is 6.50. The van der Waals surface area contributed by atoms with E-state index in [1.807, 2.05) is 32.9 Å². The minimum atomic E-state index is -0.532. The maximum Gasteiger partial charge on any atom is 0.435 e. The lowest BCUT2D eigenvalue weighted by Gasteiger charge is -2.35. The highest BCUT2D eigenvalue weighted by Crippen LogP contribution is 2.20. The number of aliphatic imine (C=N–C) groups is 1. The van der Waals surface area contributed by atoms with Crippen LogP contribution < -0.4 is 0 Å². The first-order valence-corrected chi connectivity index (χ1v) is 7.94. The predicted octanol–water partition coefficient (Wildman–Crippen LogP) is 2.54. The van der Waals surface area contributed by atoms with Crippen molar-refractivity contribution in [3.8, 4) is 0 Å². The molecule has 0 aliphatic carbocycles. The van der Waals surface area contributed by atoms with Crippen LogP contribution in [-0.4, -0.2) is 54.7 Å². The van der Waals surface area contributed by atoms with Gasteiger partial charge in [0.2, 0.25) is 0 Å². The molecule has 1 aliphatic heterocycles. The summed E-state index contributed by atoms with van der Waals surface area (Å²) >= 11 is 0. The first-order chi connectivity index (χ1) is 11.0. The number of pyridine rings is 1. The minimum Gasteiger partial charge on any atom is -0.448 e. The summed E-state index contributed by atoms with van der Waals surface area (Å²) in [6.45, 7) is 9.27. The number of rotatable bonds is 3. The molecule has 126 valence electrons. The van der Waals surface area contributed by atoms with E-state index < -0.39 is 6.09 Å². The number of nitrogens with zero attached hydrogens (tertiary/aromatic N) is 3. The molecule has 0 bridgehead atoms. The number of aromatic nitrogens is 1. The Morgan fingerprint density at radius 1 is 1.30 bits per heavy atom. The zero-order chi connectivity index (χ0) is 16.7. The van der Waals surface area contributed by atoms with Crippen molar-refractivity contribution in [2.75, 3.05) is 32.9 Å². The van der Waals surface area contributed by atoms with Gasteiger partial charge in [-0.25, -0.2) is 4.79 Å². The van der Waals surface area contributed by atoms with E-state index in [1.165, 1.54) is 0 Å². The van der Waals surface area contributed by atoms with Crippen LogP contribution in [0.15, 0.2) is 29.5 Å². The molecule has 1 saturated heterocycles. The molecule has 2 heterocycles. The van der Waals surface area contributed by atoms with Crippen LogP contribution in [0.25, 0.3) is 0 Å². The highest BCUT2D eigenvalue weighted by atomic mass is 16.5. The van der Waals surface area contributed by atoms with Gasteiger partial charge in [-0.3, -0.25) is 4.98 Å². The normalized spacial score (nSPS) is 16.3. The van der Waals surface area contributed by atoms with Crippen molar-refractivity contribution in [2.24, 2.45) is 10.4 Å². The fourth-order valence-corrected chi connectivity index (χ4v) is 2.41. The molecule has 2 rings (SSSR count). The van der Waals surface area contributed by atoms with Crippen molar-refractivity contribution in [3.05, 3.63) is 30.1 Å². The molecule has 0 atom stereocenters. The van der Waals surface area contributed by atoms with E-state index in [9.17, 15) is 4.79 Å². The number of amides is 1. The van der Waals surface area contributed by atoms with Crippen LogP contribution in [-0.2, 0) is 15.9 Å².